The molecule has 3 aromatic carbocycles. The SMILES string of the molecule is O=C(c1ccc(N=Nc2ccccc2)cc1)n1nnc2ccccc21. The average Bonchev–Trinajstić information content (AvgIpc) is 3.11. The summed E-state index contributed by atoms with van der Waals surface area (Å²) < 4.78 is 1.30. The lowest BCUT2D eigenvalue weighted by Gasteiger charge is -2.01. The number of rotatable bonds is 3. The lowest BCUT2D eigenvalue weighted by molar-refractivity contribution is 0.0948. The van der Waals surface area contributed by atoms with E-state index < -0.39 is 0 Å². The normalized spacial score (nSPS) is 11.2. The maximum Gasteiger partial charge on any atom is 0.280 e. The first-order chi connectivity index (χ1) is 12.3. The van der Waals surface area contributed by atoms with Gasteiger partial charge in [-0.25, -0.2) is 0 Å². The number of hydrogen-bond acceptors (Lipinski definition) is 5. The van der Waals surface area contributed by atoms with E-state index in [1.807, 2.05) is 54.6 Å². The number of hydrogen-bond donors (Lipinski definition) is 0. The highest BCUT2D eigenvalue weighted by Gasteiger charge is 2.13. The molecule has 0 atom stereocenters. The molecule has 6 nitrogen and oxygen atoms in total. The molecule has 1 aromatic heterocycles. The number of benzene rings is 3. The summed E-state index contributed by atoms with van der Waals surface area (Å²) in [5, 5.41) is 16.3. The Balaban J connectivity index is 1.57. The van der Waals surface area contributed by atoms with Gasteiger partial charge in [-0.3, -0.25) is 4.79 Å². The minimum atomic E-state index is -0.236. The van der Waals surface area contributed by atoms with Gasteiger partial charge in [0, 0.05) is 5.56 Å². The molecular formula is C19H13N5O. The fourth-order valence-corrected chi connectivity index (χ4v) is 2.42. The van der Waals surface area contributed by atoms with E-state index in [-0.39, 0.29) is 5.91 Å². The van der Waals surface area contributed by atoms with Crippen molar-refractivity contribution in [3.05, 3.63) is 84.4 Å². The minimum Gasteiger partial charge on any atom is -0.267 e. The van der Waals surface area contributed by atoms with Crippen LogP contribution in [0.5, 0.6) is 0 Å². The molecule has 1 heterocycles. The highest BCUT2D eigenvalue weighted by atomic mass is 16.2. The fraction of sp³-hybridized carbons (Fsp3) is 0. The summed E-state index contributed by atoms with van der Waals surface area (Å²) in [4.78, 5) is 12.6. The summed E-state index contributed by atoms with van der Waals surface area (Å²) in [5.41, 5.74) is 3.32. The Morgan fingerprint density at radius 3 is 2.16 bits per heavy atom. The van der Waals surface area contributed by atoms with Crippen molar-refractivity contribution in [1.82, 2.24) is 15.0 Å². The third-order valence-corrected chi connectivity index (χ3v) is 3.70. The van der Waals surface area contributed by atoms with E-state index in [9.17, 15) is 4.79 Å². The molecule has 0 radical (unpaired) electrons. The molecule has 0 aliphatic heterocycles. The van der Waals surface area contributed by atoms with Gasteiger partial charge in [-0.2, -0.15) is 14.9 Å². The Morgan fingerprint density at radius 2 is 1.40 bits per heavy atom. The second kappa shape index (κ2) is 6.45. The summed E-state index contributed by atoms with van der Waals surface area (Å²) in [5.74, 6) is -0.236. The number of azo groups is 1. The molecule has 25 heavy (non-hydrogen) atoms. The van der Waals surface area contributed by atoms with Crippen LogP contribution in [0.25, 0.3) is 11.0 Å². The number of carbonyl (C=O) groups is 1. The van der Waals surface area contributed by atoms with Crippen LogP contribution in [0.15, 0.2) is 89.1 Å². The second-order valence-corrected chi connectivity index (χ2v) is 5.38. The predicted octanol–water partition coefficient (Wildman–Crippen LogP) is 4.54. The molecule has 4 rings (SSSR count). The summed E-state index contributed by atoms with van der Waals surface area (Å²) in [6.45, 7) is 0. The van der Waals surface area contributed by atoms with E-state index in [1.165, 1.54) is 4.68 Å². The van der Waals surface area contributed by atoms with Gasteiger partial charge in [0.1, 0.15) is 5.52 Å². The smallest absolute Gasteiger partial charge is 0.267 e. The van der Waals surface area contributed by atoms with Crippen molar-refractivity contribution in [2.75, 3.05) is 0 Å². The molecule has 0 aliphatic rings. The Morgan fingerprint density at radius 1 is 0.760 bits per heavy atom. The molecule has 0 saturated heterocycles. The lowest BCUT2D eigenvalue weighted by Crippen LogP contribution is -2.13. The molecule has 0 saturated carbocycles. The van der Waals surface area contributed by atoms with Gasteiger partial charge in [0.25, 0.3) is 5.91 Å². The Hall–Kier alpha value is -3.67. The van der Waals surface area contributed by atoms with E-state index in [0.717, 1.165) is 5.69 Å². The van der Waals surface area contributed by atoms with Gasteiger partial charge in [0.05, 0.1) is 16.9 Å². The Labute approximate surface area is 143 Å². The molecular weight excluding hydrogens is 314 g/mol. The number of nitrogens with zero attached hydrogens (tertiary/aromatic N) is 5. The van der Waals surface area contributed by atoms with Gasteiger partial charge in [0.2, 0.25) is 0 Å². The van der Waals surface area contributed by atoms with Crippen molar-refractivity contribution in [1.29, 1.82) is 0 Å². The van der Waals surface area contributed by atoms with Crippen LogP contribution in [0, 0.1) is 0 Å². The summed E-state index contributed by atoms with van der Waals surface area (Å²) in [6.07, 6.45) is 0. The van der Waals surface area contributed by atoms with Crippen LogP contribution in [0.4, 0.5) is 11.4 Å². The predicted molar refractivity (Wildman–Crippen MR) is 94.3 cm³/mol. The molecule has 0 amide bonds. The zero-order chi connectivity index (χ0) is 17.1. The van der Waals surface area contributed by atoms with Crippen LogP contribution in [0.2, 0.25) is 0 Å². The number of fused-ring (bicyclic) bond motifs is 1. The van der Waals surface area contributed by atoms with Crippen LogP contribution < -0.4 is 0 Å². The Kier molecular flexibility index (Phi) is 3.84. The van der Waals surface area contributed by atoms with E-state index in [0.29, 0.717) is 22.3 Å². The van der Waals surface area contributed by atoms with Crippen molar-refractivity contribution < 1.29 is 4.79 Å². The quantitative estimate of drug-likeness (QED) is 0.519. The van der Waals surface area contributed by atoms with Crippen LogP contribution in [0.3, 0.4) is 0 Å². The first-order valence-electron chi connectivity index (χ1n) is 7.73. The molecule has 4 aromatic rings. The van der Waals surface area contributed by atoms with Crippen molar-refractivity contribution in [3.8, 4) is 0 Å². The van der Waals surface area contributed by atoms with E-state index in [1.54, 1.807) is 24.3 Å². The van der Waals surface area contributed by atoms with E-state index >= 15 is 0 Å². The molecule has 0 fully saturated rings. The zero-order valence-electron chi connectivity index (χ0n) is 13.1. The van der Waals surface area contributed by atoms with Gasteiger partial charge in [0.15, 0.2) is 0 Å². The molecule has 0 aliphatic carbocycles. The molecule has 120 valence electrons. The van der Waals surface area contributed by atoms with Crippen LogP contribution in [-0.2, 0) is 0 Å². The zero-order valence-corrected chi connectivity index (χ0v) is 13.1. The van der Waals surface area contributed by atoms with Crippen molar-refractivity contribution in [2.45, 2.75) is 0 Å². The van der Waals surface area contributed by atoms with Crippen molar-refractivity contribution in [3.63, 3.8) is 0 Å². The summed E-state index contributed by atoms with van der Waals surface area (Å²) >= 11 is 0. The number of para-hydroxylation sites is 1. The third-order valence-electron chi connectivity index (χ3n) is 3.70. The van der Waals surface area contributed by atoms with Crippen LogP contribution in [0.1, 0.15) is 10.4 Å². The molecule has 0 unspecified atom stereocenters. The summed E-state index contributed by atoms with van der Waals surface area (Å²) in [7, 11) is 0. The standard InChI is InChI=1S/C19H13N5O/c25-19(24-18-9-5-4-8-17(18)22-23-24)14-10-12-16(13-11-14)21-20-15-6-2-1-3-7-15/h1-13H. The Bertz CT molecular complexity index is 1050. The maximum absolute atomic E-state index is 12.6. The third kappa shape index (κ3) is 3.05. The monoisotopic (exact) mass is 327 g/mol. The molecule has 0 spiro atoms. The highest BCUT2D eigenvalue weighted by molar-refractivity contribution is 6.00. The number of carbonyl (C=O) groups excluding carboxylic acids is 1. The van der Waals surface area contributed by atoms with Gasteiger partial charge in [-0.05, 0) is 48.5 Å². The minimum absolute atomic E-state index is 0.236. The van der Waals surface area contributed by atoms with E-state index in [2.05, 4.69) is 20.5 Å². The van der Waals surface area contributed by atoms with Crippen molar-refractivity contribution in [2.24, 2.45) is 10.2 Å². The van der Waals surface area contributed by atoms with E-state index in [4.69, 9.17) is 0 Å². The van der Waals surface area contributed by atoms with Crippen molar-refractivity contribution >= 4 is 28.3 Å². The lowest BCUT2D eigenvalue weighted by atomic mass is 10.2. The van der Waals surface area contributed by atoms with Gasteiger partial charge in [-0.15, -0.1) is 5.10 Å². The molecule has 6 heteroatoms. The summed E-state index contributed by atoms with van der Waals surface area (Å²) in [6, 6.07) is 23.7. The second-order valence-electron chi connectivity index (χ2n) is 5.38. The molecule has 0 N–H and O–H groups in total. The van der Waals surface area contributed by atoms with Gasteiger partial charge < -0.3 is 0 Å². The maximum atomic E-state index is 12.6. The highest BCUT2D eigenvalue weighted by Crippen LogP contribution is 2.19. The first-order valence-corrected chi connectivity index (χ1v) is 7.73. The first kappa shape index (κ1) is 14.9. The molecule has 0 bridgehead atoms. The van der Waals surface area contributed by atoms with Crippen LogP contribution in [-0.4, -0.2) is 20.9 Å². The van der Waals surface area contributed by atoms with Gasteiger partial charge >= 0.3 is 0 Å². The fourth-order valence-electron chi connectivity index (χ4n) is 2.42. The number of aromatic nitrogens is 3. The topological polar surface area (TPSA) is 72.5 Å². The average molecular weight is 327 g/mol. The largest absolute Gasteiger partial charge is 0.280 e. The van der Waals surface area contributed by atoms with Gasteiger partial charge in [-0.1, -0.05) is 35.5 Å². The van der Waals surface area contributed by atoms with Crippen LogP contribution >= 0.6 is 0 Å².